The molecule has 0 unspecified atom stereocenters. The largest absolute Gasteiger partial charge is 0.423 e. The maximum atomic E-state index is 13.8. The summed E-state index contributed by atoms with van der Waals surface area (Å²) in [6, 6.07) is 7.21. The van der Waals surface area contributed by atoms with Crippen LogP contribution in [0.5, 0.6) is 5.75 Å². The van der Waals surface area contributed by atoms with Gasteiger partial charge in [-0.15, -0.1) is 0 Å². The maximum absolute atomic E-state index is 13.8. The summed E-state index contributed by atoms with van der Waals surface area (Å²) < 4.78 is 45.9. The molecule has 0 radical (unpaired) electrons. The second kappa shape index (κ2) is 7.81. The van der Waals surface area contributed by atoms with Gasteiger partial charge < -0.3 is 4.74 Å². The normalized spacial score (nSPS) is 16.4. The van der Waals surface area contributed by atoms with E-state index in [0.717, 1.165) is 0 Å². The van der Waals surface area contributed by atoms with Crippen molar-refractivity contribution in [1.82, 2.24) is 9.29 Å². The molecule has 2 heterocycles. The monoisotopic (exact) mass is 442 g/mol. The summed E-state index contributed by atoms with van der Waals surface area (Å²) in [7, 11) is -3.63. The molecular formula is C17H16BrFN2O4S. The number of ether oxygens (including phenoxy) is 1. The van der Waals surface area contributed by atoms with Crippen LogP contribution in [-0.4, -0.2) is 36.8 Å². The number of piperidine rings is 1. The molecule has 0 N–H and O–H groups in total. The highest BCUT2D eigenvalue weighted by Crippen LogP contribution is 2.27. The van der Waals surface area contributed by atoms with Crippen LogP contribution in [0.1, 0.15) is 12.8 Å². The molecule has 9 heteroatoms. The van der Waals surface area contributed by atoms with Crippen molar-refractivity contribution in [3.63, 3.8) is 0 Å². The van der Waals surface area contributed by atoms with Gasteiger partial charge in [0, 0.05) is 30.0 Å². The zero-order valence-corrected chi connectivity index (χ0v) is 16.0. The van der Waals surface area contributed by atoms with Crippen molar-refractivity contribution in [2.45, 2.75) is 17.7 Å². The molecule has 2 aromatic rings. The molecule has 0 atom stereocenters. The number of nitrogens with zero attached hydrogens (tertiary/aromatic N) is 2. The Hall–Kier alpha value is -1.84. The number of sulfonamides is 1. The lowest BCUT2D eigenvalue weighted by molar-refractivity contribution is -0.140. The highest BCUT2D eigenvalue weighted by molar-refractivity contribution is 9.10. The molecule has 1 aliphatic rings. The number of halogens is 2. The molecule has 1 aromatic carbocycles. The van der Waals surface area contributed by atoms with E-state index in [4.69, 9.17) is 4.74 Å². The summed E-state index contributed by atoms with van der Waals surface area (Å²) >= 11 is 3.14. The summed E-state index contributed by atoms with van der Waals surface area (Å²) in [5, 5.41) is 0. The Morgan fingerprint density at radius 3 is 2.62 bits per heavy atom. The molecule has 26 heavy (non-hydrogen) atoms. The summed E-state index contributed by atoms with van der Waals surface area (Å²) in [5.74, 6) is -1.80. The highest BCUT2D eigenvalue weighted by Gasteiger charge is 2.33. The average molecular weight is 443 g/mol. The van der Waals surface area contributed by atoms with Crippen LogP contribution in [-0.2, 0) is 14.8 Å². The average Bonchev–Trinajstić information content (AvgIpc) is 2.65. The predicted octanol–water partition coefficient (Wildman–Crippen LogP) is 2.99. The van der Waals surface area contributed by atoms with Gasteiger partial charge in [-0.25, -0.2) is 12.8 Å². The van der Waals surface area contributed by atoms with Crippen molar-refractivity contribution in [2.24, 2.45) is 5.92 Å². The molecule has 0 bridgehead atoms. The summed E-state index contributed by atoms with van der Waals surface area (Å²) in [6.45, 7) is 0.389. The van der Waals surface area contributed by atoms with E-state index in [1.807, 2.05) is 0 Å². The molecule has 138 valence electrons. The molecule has 3 rings (SSSR count). The third-order valence-corrected chi connectivity index (χ3v) is 6.54. The summed E-state index contributed by atoms with van der Waals surface area (Å²) in [5.41, 5.74) is 0. The first kappa shape index (κ1) is 18.9. The fraction of sp³-hybridized carbons (Fsp3) is 0.294. The molecule has 0 spiro atoms. The quantitative estimate of drug-likeness (QED) is 0.537. The first-order chi connectivity index (χ1) is 12.4. The van der Waals surface area contributed by atoms with Gasteiger partial charge in [0.15, 0.2) is 11.6 Å². The molecule has 0 aliphatic carbocycles. The van der Waals surface area contributed by atoms with E-state index in [1.54, 1.807) is 12.1 Å². The van der Waals surface area contributed by atoms with Crippen LogP contribution in [0.25, 0.3) is 0 Å². The van der Waals surface area contributed by atoms with Gasteiger partial charge in [0.05, 0.1) is 5.92 Å². The van der Waals surface area contributed by atoms with E-state index in [1.165, 1.54) is 34.9 Å². The Morgan fingerprint density at radius 2 is 2.00 bits per heavy atom. The van der Waals surface area contributed by atoms with Crippen LogP contribution >= 0.6 is 15.9 Å². The van der Waals surface area contributed by atoms with Crippen LogP contribution in [0.3, 0.4) is 0 Å². The van der Waals surface area contributed by atoms with Crippen molar-refractivity contribution in [3.05, 3.63) is 53.0 Å². The lowest BCUT2D eigenvalue weighted by Gasteiger charge is -2.30. The van der Waals surface area contributed by atoms with Gasteiger partial charge in [0.25, 0.3) is 0 Å². The number of aromatic nitrogens is 1. The lowest BCUT2D eigenvalue weighted by Crippen LogP contribution is -2.41. The van der Waals surface area contributed by atoms with Crippen molar-refractivity contribution in [1.29, 1.82) is 0 Å². The zero-order chi connectivity index (χ0) is 18.7. The topological polar surface area (TPSA) is 76.6 Å². The van der Waals surface area contributed by atoms with E-state index >= 15 is 0 Å². The van der Waals surface area contributed by atoms with Gasteiger partial charge in [-0.1, -0.05) is 15.9 Å². The van der Waals surface area contributed by atoms with Gasteiger partial charge >= 0.3 is 5.97 Å². The second-order valence-electron chi connectivity index (χ2n) is 5.86. The molecule has 1 fully saturated rings. The van der Waals surface area contributed by atoms with Crippen LogP contribution in [0.15, 0.2) is 52.1 Å². The van der Waals surface area contributed by atoms with Gasteiger partial charge in [0.2, 0.25) is 10.0 Å². The number of benzene rings is 1. The summed E-state index contributed by atoms with van der Waals surface area (Å²) in [4.78, 5) is 16.2. The predicted molar refractivity (Wildman–Crippen MR) is 95.5 cm³/mol. The minimum atomic E-state index is -3.63. The standard InChI is InChI=1S/C17H16BrFN2O4S/c18-13-3-4-16(15(19)10-13)25-17(22)12-5-8-21(9-6-12)26(23,24)14-2-1-7-20-11-14/h1-4,7,10-12H,5-6,8-9H2. The van der Waals surface area contributed by atoms with Crippen LogP contribution in [0.4, 0.5) is 4.39 Å². The van der Waals surface area contributed by atoms with Gasteiger partial charge in [-0.2, -0.15) is 4.31 Å². The molecule has 1 aliphatic heterocycles. The van der Waals surface area contributed by atoms with Gasteiger partial charge in [-0.3, -0.25) is 9.78 Å². The molecule has 0 amide bonds. The van der Waals surface area contributed by atoms with Crippen molar-refractivity contribution in [2.75, 3.05) is 13.1 Å². The SMILES string of the molecule is O=C(Oc1ccc(Br)cc1F)C1CCN(S(=O)(=O)c2cccnc2)CC1. The van der Waals surface area contributed by atoms with Gasteiger partial charge in [-0.05, 0) is 43.2 Å². The van der Waals surface area contributed by atoms with E-state index in [9.17, 15) is 17.6 Å². The first-order valence-electron chi connectivity index (χ1n) is 7.95. The molecule has 6 nitrogen and oxygen atoms in total. The third kappa shape index (κ3) is 4.11. The van der Waals surface area contributed by atoms with Crippen LogP contribution in [0, 0.1) is 11.7 Å². The fourth-order valence-corrected chi connectivity index (χ4v) is 4.50. The van der Waals surface area contributed by atoms with Crippen LogP contribution < -0.4 is 4.74 Å². The number of pyridine rings is 1. The number of carbonyl (C=O) groups excluding carboxylic acids is 1. The zero-order valence-electron chi connectivity index (χ0n) is 13.6. The number of carbonyl (C=O) groups is 1. The Labute approximate surface area is 159 Å². The highest BCUT2D eigenvalue weighted by atomic mass is 79.9. The Kier molecular flexibility index (Phi) is 5.69. The molecule has 0 saturated carbocycles. The Bertz CT molecular complexity index is 900. The van der Waals surface area contributed by atoms with E-state index in [2.05, 4.69) is 20.9 Å². The molecular weight excluding hydrogens is 427 g/mol. The first-order valence-corrected chi connectivity index (χ1v) is 10.2. The minimum Gasteiger partial charge on any atom is -0.423 e. The molecule has 1 saturated heterocycles. The van der Waals surface area contributed by atoms with E-state index in [0.29, 0.717) is 17.3 Å². The smallest absolute Gasteiger partial charge is 0.314 e. The van der Waals surface area contributed by atoms with E-state index < -0.39 is 27.7 Å². The van der Waals surface area contributed by atoms with Crippen molar-refractivity contribution in [3.8, 4) is 5.75 Å². The number of rotatable bonds is 4. The Morgan fingerprint density at radius 1 is 1.27 bits per heavy atom. The maximum Gasteiger partial charge on any atom is 0.314 e. The Balaban J connectivity index is 1.62. The van der Waals surface area contributed by atoms with Crippen LogP contribution in [0.2, 0.25) is 0 Å². The van der Waals surface area contributed by atoms with Crippen molar-refractivity contribution < 1.29 is 22.3 Å². The third-order valence-electron chi connectivity index (χ3n) is 4.16. The molecule has 1 aromatic heterocycles. The van der Waals surface area contributed by atoms with Crippen molar-refractivity contribution >= 4 is 31.9 Å². The minimum absolute atomic E-state index is 0.123. The van der Waals surface area contributed by atoms with Gasteiger partial charge in [0.1, 0.15) is 4.90 Å². The fourth-order valence-electron chi connectivity index (χ4n) is 2.73. The summed E-state index contributed by atoms with van der Waals surface area (Å²) in [6.07, 6.45) is 3.43. The van der Waals surface area contributed by atoms with E-state index in [-0.39, 0.29) is 23.7 Å². The lowest BCUT2D eigenvalue weighted by atomic mass is 9.98. The number of hydrogen-bond donors (Lipinski definition) is 0. The second-order valence-corrected chi connectivity index (χ2v) is 8.72. The number of esters is 1. The number of hydrogen-bond acceptors (Lipinski definition) is 5.